The highest BCUT2D eigenvalue weighted by Gasteiger charge is 2.06. The molecule has 0 aromatic carbocycles. The SMILES string of the molecule is Cc1cnc(CNC(=O)c2cc[nH]c(=O)c2)s1. The number of thiazole rings is 1. The van der Waals surface area contributed by atoms with Gasteiger partial charge in [0.2, 0.25) is 5.56 Å². The quantitative estimate of drug-likeness (QED) is 0.854. The van der Waals surface area contributed by atoms with Crippen molar-refractivity contribution in [3.63, 3.8) is 0 Å². The third kappa shape index (κ3) is 3.01. The lowest BCUT2D eigenvalue weighted by Crippen LogP contribution is -2.24. The first-order valence-electron chi connectivity index (χ1n) is 5.03. The maximum Gasteiger partial charge on any atom is 0.251 e. The van der Waals surface area contributed by atoms with E-state index in [0.29, 0.717) is 12.1 Å². The Balaban J connectivity index is 2.00. The molecule has 1 amide bonds. The van der Waals surface area contributed by atoms with Gasteiger partial charge < -0.3 is 10.3 Å². The second-order valence-corrected chi connectivity index (χ2v) is 4.81. The first kappa shape index (κ1) is 11.5. The van der Waals surface area contributed by atoms with Crippen molar-refractivity contribution >= 4 is 17.2 Å². The molecule has 0 radical (unpaired) electrons. The average Bonchev–Trinajstić information content (AvgIpc) is 2.72. The summed E-state index contributed by atoms with van der Waals surface area (Å²) in [6.07, 6.45) is 3.21. The van der Waals surface area contributed by atoms with E-state index in [1.165, 1.54) is 23.6 Å². The Morgan fingerprint density at radius 2 is 2.41 bits per heavy atom. The van der Waals surface area contributed by atoms with Crippen LogP contribution in [0.5, 0.6) is 0 Å². The Bertz CT molecular complexity index is 588. The number of amides is 1. The van der Waals surface area contributed by atoms with Gasteiger partial charge in [-0.1, -0.05) is 0 Å². The van der Waals surface area contributed by atoms with Gasteiger partial charge in [0.05, 0.1) is 6.54 Å². The van der Waals surface area contributed by atoms with Crippen LogP contribution in [0, 0.1) is 6.92 Å². The molecule has 0 atom stereocenters. The number of rotatable bonds is 3. The monoisotopic (exact) mass is 249 g/mol. The van der Waals surface area contributed by atoms with Gasteiger partial charge in [-0.25, -0.2) is 4.98 Å². The molecule has 2 aromatic rings. The van der Waals surface area contributed by atoms with E-state index in [4.69, 9.17) is 0 Å². The largest absolute Gasteiger partial charge is 0.346 e. The van der Waals surface area contributed by atoms with Gasteiger partial charge in [-0.05, 0) is 13.0 Å². The number of aromatic nitrogens is 2. The zero-order chi connectivity index (χ0) is 12.3. The van der Waals surface area contributed by atoms with Crippen molar-refractivity contribution in [2.45, 2.75) is 13.5 Å². The van der Waals surface area contributed by atoms with Gasteiger partial charge in [0.15, 0.2) is 0 Å². The van der Waals surface area contributed by atoms with Gasteiger partial charge in [0.1, 0.15) is 5.01 Å². The number of pyridine rings is 1. The lowest BCUT2D eigenvalue weighted by atomic mass is 10.2. The minimum atomic E-state index is -0.289. The summed E-state index contributed by atoms with van der Waals surface area (Å²) in [6, 6.07) is 2.83. The molecule has 0 aliphatic rings. The number of aromatic amines is 1. The van der Waals surface area contributed by atoms with Crippen molar-refractivity contribution in [3.05, 3.63) is 50.3 Å². The summed E-state index contributed by atoms with van der Waals surface area (Å²) < 4.78 is 0. The van der Waals surface area contributed by atoms with E-state index >= 15 is 0 Å². The summed E-state index contributed by atoms with van der Waals surface area (Å²) in [4.78, 5) is 30.4. The van der Waals surface area contributed by atoms with Crippen molar-refractivity contribution in [2.75, 3.05) is 0 Å². The lowest BCUT2D eigenvalue weighted by molar-refractivity contribution is 0.0950. The van der Waals surface area contributed by atoms with Crippen LogP contribution in [-0.4, -0.2) is 15.9 Å². The molecule has 0 saturated carbocycles. The predicted octanol–water partition coefficient (Wildman–Crippen LogP) is 1.07. The molecular weight excluding hydrogens is 238 g/mol. The topological polar surface area (TPSA) is 74.8 Å². The van der Waals surface area contributed by atoms with E-state index in [2.05, 4.69) is 15.3 Å². The molecule has 0 spiro atoms. The van der Waals surface area contributed by atoms with Crippen LogP contribution in [0.15, 0.2) is 29.3 Å². The van der Waals surface area contributed by atoms with E-state index in [0.717, 1.165) is 9.88 Å². The molecule has 17 heavy (non-hydrogen) atoms. The van der Waals surface area contributed by atoms with Crippen molar-refractivity contribution < 1.29 is 4.79 Å². The molecule has 2 N–H and O–H groups in total. The Labute approximate surface area is 102 Å². The highest BCUT2D eigenvalue weighted by molar-refractivity contribution is 7.11. The van der Waals surface area contributed by atoms with Crippen LogP contribution < -0.4 is 10.9 Å². The fraction of sp³-hybridized carbons (Fsp3) is 0.182. The summed E-state index contributed by atoms with van der Waals surface area (Å²) in [5, 5.41) is 3.56. The number of aryl methyl sites for hydroxylation is 1. The number of carbonyl (C=O) groups is 1. The summed E-state index contributed by atoms with van der Waals surface area (Å²) in [5.74, 6) is -0.274. The molecule has 2 heterocycles. The summed E-state index contributed by atoms with van der Waals surface area (Å²) in [6.45, 7) is 2.34. The zero-order valence-electron chi connectivity index (χ0n) is 9.19. The minimum Gasteiger partial charge on any atom is -0.346 e. The maximum atomic E-state index is 11.7. The zero-order valence-corrected chi connectivity index (χ0v) is 10.0. The maximum absolute atomic E-state index is 11.7. The van der Waals surface area contributed by atoms with Crippen molar-refractivity contribution in [1.29, 1.82) is 0 Å². The number of nitrogens with one attached hydrogen (secondary N) is 2. The van der Waals surface area contributed by atoms with Crippen LogP contribution in [-0.2, 0) is 6.54 Å². The first-order chi connectivity index (χ1) is 8.15. The number of hydrogen-bond acceptors (Lipinski definition) is 4. The van der Waals surface area contributed by atoms with Crippen LogP contribution in [0.3, 0.4) is 0 Å². The van der Waals surface area contributed by atoms with Crippen LogP contribution in [0.1, 0.15) is 20.2 Å². The number of nitrogens with zero attached hydrogens (tertiary/aromatic N) is 1. The highest BCUT2D eigenvalue weighted by Crippen LogP contribution is 2.10. The van der Waals surface area contributed by atoms with Gasteiger partial charge in [0.25, 0.3) is 5.91 Å². The van der Waals surface area contributed by atoms with E-state index in [1.54, 1.807) is 12.3 Å². The van der Waals surface area contributed by atoms with Crippen molar-refractivity contribution in [2.24, 2.45) is 0 Å². The Kier molecular flexibility index (Phi) is 3.34. The van der Waals surface area contributed by atoms with Gasteiger partial charge in [0, 0.05) is 28.9 Å². The fourth-order valence-electron chi connectivity index (χ4n) is 1.33. The van der Waals surface area contributed by atoms with Crippen molar-refractivity contribution in [3.8, 4) is 0 Å². The fourth-order valence-corrected chi connectivity index (χ4v) is 2.05. The molecule has 6 heteroatoms. The minimum absolute atomic E-state index is 0.274. The van der Waals surface area contributed by atoms with E-state index in [9.17, 15) is 9.59 Å². The molecule has 0 fully saturated rings. The summed E-state index contributed by atoms with van der Waals surface area (Å²) in [7, 11) is 0. The Morgan fingerprint density at radius 1 is 1.59 bits per heavy atom. The molecule has 0 aliphatic carbocycles. The number of H-pyrrole nitrogens is 1. The van der Waals surface area contributed by atoms with E-state index in [1.807, 2.05) is 6.92 Å². The Hall–Kier alpha value is -1.95. The molecule has 88 valence electrons. The highest BCUT2D eigenvalue weighted by atomic mass is 32.1. The second-order valence-electron chi connectivity index (χ2n) is 3.49. The molecule has 2 aromatic heterocycles. The molecule has 0 unspecified atom stereocenters. The van der Waals surface area contributed by atoms with Crippen LogP contribution in [0.2, 0.25) is 0 Å². The standard InChI is InChI=1S/C11H11N3O2S/c1-7-5-13-10(17-7)6-14-11(16)8-2-3-12-9(15)4-8/h2-5H,6H2,1H3,(H,12,15)(H,14,16). The molecule has 5 nitrogen and oxygen atoms in total. The summed E-state index contributed by atoms with van der Waals surface area (Å²) >= 11 is 1.53. The normalized spacial score (nSPS) is 10.2. The molecule has 0 bridgehead atoms. The summed E-state index contributed by atoms with van der Waals surface area (Å²) in [5.41, 5.74) is 0.0600. The second kappa shape index (κ2) is 4.92. The molecule has 2 rings (SSSR count). The van der Waals surface area contributed by atoms with Gasteiger partial charge in [-0.15, -0.1) is 11.3 Å². The lowest BCUT2D eigenvalue weighted by Gasteiger charge is -2.01. The predicted molar refractivity (Wildman–Crippen MR) is 65.1 cm³/mol. The van der Waals surface area contributed by atoms with Crippen molar-refractivity contribution in [1.82, 2.24) is 15.3 Å². The molecular formula is C11H11N3O2S. The van der Waals surface area contributed by atoms with E-state index < -0.39 is 0 Å². The third-order valence-corrected chi connectivity index (χ3v) is 3.02. The smallest absolute Gasteiger partial charge is 0.251 e. The van der Waals surface area contributed by atoms with Crippen LogP contribution in [0.25, 0.3) is 0 Å². The van der Waals surface area contributed by atoms with Crippen LogP contribution in [0.4, 0.5) is 0 Å². The average molecular weight is 249 g/mol. The van der Waals surface area contributed by atoms with Gasteiger partial charge in [-0.3, -0.25) is 9.59 Å². The van der Waals surface area contributed by atoms with E-state index in [-0.39, 0.29) is 11.5 Å². The third-order valence-electron chi connectivity index (χ3n) is 2.11. The molecule has 0 saturated heterocycles. The van der Waals surface area contributed by atoms with Crippen LogP contribution >= 0.6 is 11.3 Å². The molecule has 0 aliphatic heterocycles. The van der Waals surface area contributed by atoms with Gasteiger partial charge in [-0.2, -0.15) is 0 Å². The van der Waals surface area contributed by atoms with Gasteiger partial charge >= 0.3 is 0 Å². The first-order valence-corrected chi connectivity index (χ1v) is 5.85. The Morgan fingerprint density at radius 3 is 3.06 bits per heavy atom. The number of hydrogen-bond donors (Lipinski definition) is 2. The number of carbonyl (C=O) groups excluding carboxylic acids is 1.